The van der Waals surface area contributed by atoms with Crippen molar-refractivity contribution in [2.45, 2.75) is 13.3 Å². The third-order valence-corrected chi connectivity index (χ3v) is 3.30. The summed E-state index contributed by atoms with van der Waals surface area (Å²) in [7, 11) is 1.43. The lowest BCUT2D eigenvalue weighted by Gasteiger charge is -2.12. The zero-order valence-electron chi connectivity index (χ0n) is 11.6. The van der Waals surface area contributed by atoms with Crippen molar-refractivity contribution in [3.63, 3.8) is 0 Å². The Morgan fingerprint density at radius 1 is 1.15 bits per heavy atom. The Balaban J connectivity index is 2.16. The van der Waals surface area contributed by atoms with Gasteiger partial charge in [-0.1, -0.05) is 49.4 Å². The largest absolute Gasteiger partial charge is 0.494 e. The van der Waals surface area contributed by atoms with Crippen LogP contribution in [-0.4, -0.2) is 12.9 Å². The molecule has 3 heteroatoms. The molecular weight excluding hydrogens is 255 g/mol. The molecule has 0 saturated carbocycles. The highest BCUT2D eigenvalue weighted by molar-refractivity contribution is 5.97. The van der Waals surface area contributed by atoms with Gasteiger partial charge in [0.15, 0.2) is 17.3 Å². The highest BCUT2D eigenvalue weighted by Gasteiger charge is 2.18. The molecule has 0 spiro atoms. The molecule has 1 unspecified atom stereocenters. The zero-order chi connectivity index (χ0) is 14.5. The van der Waals surface area contributed by atoms with E-state index in [1.54, 1.807) is 30.3 Å². The smallest absolute Gasteiger partial charge is 0.168 e. The third kappa shape index (κ3) is 3.05. The second-order valence-electron chi connectivity index (χ2n) is 4.77. The molecule has 0 fully saturated rings. The van der Waals surface area contributed by atoms with Gasteiger partial charge < -0.3 is 4.74 Å². The number of ether oxygens (including phenoxy) is 1. The van der Waals surface area contributed by atoms with Crippen molar-refractivity contribution >= 4 is 5.78 Å². The van der Waals surface area contributed by atoms with E-state index in [1.165, 1.54) is 7.11 Å². The Morgan fingerprint density at radius 3 is 2.50 bits per heavy atom. The maximum atomic E-state index is 14.1. The minimum absolute atomic E-state index is 0.0211. The third-order valence-electron chi connectivity index (χ3n) is 3.30. The van der Waals surface area contributed by atoms with Crippen molar-refractivity contribution in [2.24, 2.45) is 5.92 Å². The quantitative estimate of drug-likeness (QED) is 0.772. The second-order valence-corrected chi connectivity index (χ2v) is 4.77. The predicted molar refractivity (Wildman–Crippen MR) is 76.6 cm³/mol. The first-order chi connectivity index (χ1) is 9.63. The first kappa shape index (κ1) is 14.3. The van der Waals surface area contributed by atoms with Crippen LogP contribution in [0.1, 0.15) is 22.8 Å². The van der Waals surface area contributed by atoms with E-state index in [1.807, 2.05) is 25.1 Å². The summed E-state index contributed by atoms with van der Waals surface area (Å²) in [5.74, 6) is -0.434. The van der Waals surface area contributed by atoms with Crippen LogP contribution in [0, 0.1) is 11.7 Å². The Bertz CT molecular complexity index is 593. The number of rotatable bonds is 5. The van der Waals surface area contributed by atoms with Crippen LogP contribution in [0.15, 0.2) is 48.5 Å². The normalized spacial score (nSPS) is 11.9. The van der Waals surface area contributed by atoms with Gasteiger partial charge in [-0.25, -0.2) is 4.39 Å². The van der Waals surface area contributed by atoms with Gasteiger partial charge in [0.1, 0.15) is 0 Å². The van der Waals surface area contributed by atoms with Crippen LogP contribution >= 0.6 is 0 Å². The average molecular weight is 272 g/mol. The van der Waals surface area contributed by atoms with E-state index in [-0.39, 0.29) is 23.3 Å². The molecule has 0 saturated heterocycles. The number of Topliss-reactive ketones (excluding diaryl/α,β-unsaturated/α-hetero) is 1. The van der Waals surface area contributed by atoms with Crippen molar-refractivity contribution in [1.29, 1.82) is 0 Å². The van der Waals surface area contributed by atoms with Gasteiger partial charge in [-0.3, -0.25) is 4.79 Å². The van der Waals surface area contributed by atoms with E-state index in [0.717, 1.165) is 0 Å². The lowest BCUT2D eigenvalue weighted by molar-refractivity contribution is 0.0929. The Hall–Kier alpha value is -2.16. The van der Waals surface area contributed by atoms with Crippen LogP contribution in [0.5, 0.6) is 5.75 Å². The average Bonchev–Trinajstić information content (AvgIpc) is 2.49. The predicted octanol–water partition coefficient (Wildman–Crippen LogP) is 3.90. The first-order valence-electron chi connectivity index (χ1n) is 6.54. The number of carbonyl (C=O) groups is 1. The van der Waals surface area contributed by atoms with Gasteiger partial charge in [0.2, 0.25) is 0 Å². The number of ketones is 1. The number of halogens is 1. The molecule has 0 aliphatic rings. The molecule has 2 aromatic rings. The summed E-state index contributed by atoms with van der Waals surface area (Å²) < 4.78 is 19.0. The van der Waals surface area contributed by atoms with Crippen molar-refractivity contribution in [3.05, 3.63) is 65.5 Å². The number of methoxy groups -OCH3 is 1. The number of hydrogen-bond donors (Lipinski definition) is 0. The minimum Gasteiger partial charge on any atom is -0.494 e. The summed E-state index contributed by atoms with van der Waals surface area (Å²) in [6, 6.07) is 14.1. The molecule has 1 atom stereocenters. The van der Waals surface area contributed by atoms with E-state index in [0.29, 0.717) is 17.5 Å². The SMILES string of the molecule is COc1cccc(CC(C)C(=O)c2ccccc2)c1F. The van der Waals surface area contributed by atoms with E-state index in [9.17, 15) is 9.18 Å². The molecular formula is C17H17FO2. The van der Waals surface area contributed by atoms with Crippen molar-refractivity contribution < 1.29 is 13.9 Å². The van der Waals surface area contributed by atoms with Gasteiger partial charge in [0.05, 0.1) is 7.11 Å². The fourth-order valence-electron chi connectivity index (χ4n) is 2.18. The molecule has 20 heavy (non-hydrogen) atoms. The van der Waals surface area contributed by atoms with Gasteiger partial charge in [0.25, 0.3) is 0 Å². The summed E-state index contributed by atoms with van der Waals surface area (Å²) in [5.41, 5.74) is 1.16. The van der Waals surface area contributed by atoms with Crippen molar-refractivity contribution in [2.75, 3.05) is 7.11 Å². The van der Waals surface area contributed by atoms with Crippen LogP contribution in [0.25, 0.3) is 0 Å². The lowest BCUT2D eigenvalue weighted by Crippen LogP contribution is -2.14. The fraction of sp³-hybridized carbons (Fsp3) is 0.235. The van der Waals surface area contributed by atoms with Gasteiger partial charge in [-0.05, 0) is 18.1 Å². The monoisotopic (exact) mass is 272 g/mol. The van der Waals surface area contributed by atoms with Crippen molar-refractivity contribution in [3.8, 4) is 5.75 Å². The Kier molecular flexibility index (Phi) is 4.51. The molecule has 0 aliphatic heterocycles. The maximum Gasteiger partial charge on any atom is 0.168 e. The molecule has 0 radical (unpaired) electrons. The topological polar surface area (TPSA) is 26.3 Å². The van der Waals surface area contributed by atoms with Gasteiger partial charge >= 0.3 is 0 Å². The summed E-state index contributed by atoms with van der Waals surface area (Å²) in [5, 5.41) is 0. The maximum absolute atomic E-state index is 14.1. The van der Waals surface area contributed by atoms with Crippen LogP contribution in [0.4, 0.5) is 4.39 Å². The molecule has 2 nitrogen and oxygen atoms in total. The Labute approximate surface area is 118 Å². The number of hydrogen-bond acceptors (Lipinski definition) is 2. The summed E-state index contributed by atoms with van der Waals surface area (Å²) in [6.07, 6.45) is 0.358. The van der Waals surface area contributed by atoms with Crippen LogP contribution in [0.2, 0.25) is 0 Å². The first-order valence-corrected chi connectivity index (χ1v) is 6.54. The number of benzene rings is 2. The molecule has 0 N–H and O–H groups in total. The molecule has 0 amide bonds. The summed E-state index contributed by atoms with van der Waals surface area (Å²) in [4.78, 5) is 12.3. The van der Waals surface area contributed by atoms with Gasteiger partial charge in [-0.2, -0.15) is 0 Å². The van der Waals surface area contributed by atoms with E-state index < -0.39 is 0 Å². The molecule has 2 aromatic carbocycles. The zero-order valence-corrected chi connectivity index (χ0v) is 11.6. The Morgan fingerprint density at radius 2 is 1.85 bits per heavy atom. The van der Waals surface area contributed by atoms with Gasteiger partial charge in [0, 0.05) is 11.5 Å². The second kappa shape index (κ2) is 6.33. The fourth-order valence-corrected chi connectivity index (χ4v) is 2.18. The molecule has 0 aromatic heterocycles. The van der Waals surface area contributed by atoms with E-state index >= 15 is 0 Å². The molecule has 0 bridgehead atoms. The molecule has 0 aliphatic carbocycles. The van der Waals surface area contributed by atoms with Crippen molar-refractivity contribution in [1.82, 2.24) is 0 Å². The van der Waals surface area contributed by atoms with E-state index in [4.69, 9.17) is 4.74 Å². The standard InChI is InChI=1S/C17H17FO2/c1-12(17(19)13-7-4-3-5-8-13)11-14-9-6-10-15(20-2)16(14)18/h3-10,12H,11H2,1-2H3. The molecule has 104 valence electrons. The minimum atomic E-state index is -0.386. The lowest BCUT2D eigenvalue weighted by atomic mass is 9.92. The van der Waals surface area contributed by atoms with Crippen LogP contribution in [-0.2, 0) is 6.42 Å². The molecule has 2 rings (SSSR count). The highest BCUT2D eigenvalue weighted by Crippen LogP contribution is 2.23. The summed E-state index contributed by atoms with van der Waals surface area (Å²) >= 11 is 0. The van der Waals surface area contributed by atoms with E-state index in [2.05, 4.69) is 0 Å². The molecule has 0 heterocycles. The van der Waals surface area contributed by atoms with Crippen LogP contribution < -0.4 is 4.74 Å². The summed E-state index contributed by atoms with van der Waals surface area (Å²) in [6.45, 7) is 1.81. The van der Waals surface area contributed by atoms with Gasteiger partial charge in [-0.15, -0.1) is 0 Å². The highest BCUT2D eigenvalue weighted by atomic mass is 19.1. The van der Waals surface area contributed by atoms with Crippen LogP contribution in [0.3, 0.4) is 0 Å². The number of carbonyl (C=O) groups excluding carboxylic acids is 1.